The van der Waals surface area contributed by atoms with E-state index < -0.39 is 0 Å². The molecular weight excluding hydrogens is 268 g/mol. The van der Waals surface area contributed by atoms with Crippen LogP contribution >= 0.6 is 15.9 Å². The molecule has 0 bridgehead atoms. The number of hydrogen-bond donors (Lipinski definition) is 1. The lowest BCUT2D eigenvalue weighted by Gasteiger charge is -2.05. The van der Waals surface area contributed by atoms with Gasteiger partial charge in [0.2, 0.25) is 0 Å². The zero-order valence-corrected chi connectivity index (χ0v) is 10.6. The van der Waals surface area contributed by atoms with E-state index in [1.54, 1.807) is 6.92 Å². The predicted octanol–water partition coefficient (Wildman–Crippen LogP) is 2.82. The summed E-state index contributed by atoms with van der Waals surface area (Å²) in [4.78, 5) is 18.8. The molecule has 3 nitrogen and oxygen atoms in total. The van der Waals surface area contributed by atoms with Crippen LogP contribution in [-0.4, -0.2) is 9.97 Å². The van der Waals surface area contributed by atoms with Crippen LogP contribution < -0.4 is 5.56 Å². The maximum Gasteiger partial charge on any atom is 0.254 e. The molecular formula is C12H11BrN2O. The molecule has 16 heavy (non-hydrogen) atoms. The summed E-state index contributed by atoms with van der Waals surface area (Å²) >= 11 is 3.44. The highest BCUT2D eigenvalue weighted by atomic mass is 79.9. The lowest BCUT2D eigenvalue weighted by Crippen LogP contribution is -2.14. The van der Waals surface area contributed by atoms with Crippen molar-refractivity contribution < 1.29 is 0 Å². The second kappa shape index (κ2) is 4.22. The average Bonchev–Trinajstić information content (AvgIpc) is 2.26. The first-order chi connectivity index (χ1) is 7.59. The SMILES string of the molecule is Cc1nc(-c2ccccc2Br)[nH]c(=O)c1C. The van der Waals surface area contributed by atoms with Gasteiger partial charge in [0, 0.05) is 21.3 Å². The van der Waals surface area contributed by atoms with Crippen LogP contribution in [0.4, 0.5) is 0 Å². The monoisotopic (exact) mass is 278 g/mol. The summed E-state index contributed by atoms with van der Waals surface area (Å²) in [5.74, 6) is 0.598. The van der Waals surface area contributed by atoms with Gasteiger partial charge in [0.15, 0.2) is 0 Å². The molecule has 0 amide bonds. The highest BCUT2D eigenvalue weighted by Crippen LogP contribution is 2.24. The molecule has 1 aromatic heterocycles. The van der Waals surface area contributed by atoms with Gasteiger partial charge in [-0.25, -0.2) is 4.98 Å². The number of aromatic nitrogens is 2. The minimum atomic E-state index is -0.0850. The first kappa shape index (κ1) is 11.1. The van der Waals surface area contributed by atoms with Crippen molar-refractivity contribution in [2.24, 2.45) is 0 Å². The molecule has 0 aliphatic carbocycles. The number of aryl methyl sites for hydroxylation is 1. The lowest BCUT2D eigenvalue weighted by molar-refractivity contribution is 1.03. The number of benzene rings is 1. The number of hydrogen-bond acceptors (Lipinski definition) is 2. The smallest absolute Gasteiger partial charge is 0.254 e. The molecule has 2 aromatic rings. The zero-order valence-electron chi connectivity index (χ0n) is 9.04. The standard InChI is InChI=1S/C12H11BrN2O/c1-7-8(2)14-11(15-12(7)16)9-5-3-4-6-10(9)13/h3-6H,1-2H3,(H,14,15,16). The van der Waals surface area contributed by atoms with E-state index in [0.29, 0.717) is 11.4 Å². The van der Waals surface area contributed by atoms with E-state index in [2.05, 4.69) is 25.9 Å². The number of rotatable bonds is 1. The van der Waals surface area contributed by atoms with Gasteiger partial charge in [0.25, 0.3) is 5.56 Å². The second-order valence-electron chi connectivity index (χ2n) is 3.60. The Balaban J connectivity index is 2.67. The molecule has 1 heterocycles. The molecule has 1 N–H and O–H groups in total. The molecule has 0 aliphatic rings. The van der Waals surface area contributed by atoms with Gasteiger partial charge >= 0.3 is 0 Å². The van der Waals surface area contributed by atoms with E-state index in [9.17, 15) is 4.79 Å². The van der Waals surface area contributed by atoms with E-state index >= 15 is 0 Å². The summed E-state index contributed by atoms with van der Waals surface area (Å²) in [7, 11) is 0. The molecule has 2 rings (SSSR count). The molecule has 0 saturated heterocycles. The maximum absolute atomic E-state index is 11.6. The van der Waals surface area contributed by atoms with E-state index in [-0.39, 0.29) is 5.56 Å². The quantitative estimate of drug-likeness (QED) is 0.872. The molecule has 4 heteroatoms. The van der Waals surface area contributed by atoms with Crippen molar-refractivity contribution in [3.63, 3.8) is 0 Å². The van der Waals surface area contributed by atoms with Crippen molar-refractivity contribution in [1.82, 2.24) is 9.97 Å². The molecule has 0 saturated carbocycles. The number of H-pyrrole nitrogens is 1. The number of nitrogens with one attached hydrogen (secondary N) is 1. The van der Waals surface area contributed by atoms with Gasteiger partial charge in [-0.1, -0.05) is 34.1 Å². The Hall–Kier alpha value is -1.42. The fourth-order valence-electron chi connectivity index (χ4n) is 1.43. The van der Waals surface area contributed by atoms with Crippen LogP contribution in [0.15, 0.2) is 33.5 Å². The van der Waals surface area contributed by atoms with Gasteiger partial charge < -0.3 is 4.98 Å². The molecule has 0 unspecified atom stereocenters. The Morgan fingerprint density at radius 3 is 2.56 bits per heavy atom. The predicted molar refractivity (Wildman–Crippen MR) is 67.5 cm³/mol. The van der Waals surface area contributed by atoms with E-state index in [1.807, 2.05) is 31.2 Å². The zero-order chi connectivity index (χ0) is 11.7. The van der Waals surface area contributed by atoms with Crippen LogP contribution in [0.1, 0.15) is 11.3 Å². The minimum Gasteiger partial charge on any atom is -0.306 e. The van der Waals surface area contributed by atoms with Crippen LogP contribution in [0.25, 0.3) is 11.4 Å². The van der Waals surface area contributed by atoms with Crippen LogP contribution in [-0.2, 0) is 0 Å². The normalized spacial score (nSPS) is 10.4. The number of halogens is 1. The molecule has 0 atom stereocenters. The Morgan fingerprint density at radius 2 is 1.94 bits per heavy atom. The van der Waals surface area contributed by atoms with Crippen molar-refractivity contribution >= 4 is 15.9 Å². The van der Waals surface area contributed by atoms with Crippen molar-refractivity contribution in [3.05, 3.63) is 50.3 Å². The van der Waals surface area contributed by atoms with Crippen molar-refractivity contribution in [2.75, 3.05) is 0 Å². The van der Waals surface area contributed by atoms with Crippen molar-refractivity contribution in [1.29, 1.82) is 0 Å². The van der Waals surface area contributed by atoms with Gasteiger partial charge in [0.1, 0.15) is 5.82 Å². The summed E-state index contributed by atoms with van der Waals surface area (Å²) in [5.41, 5.74) is 2.23. The molecule has 0 spiro atoms. The number of nitrogens with zero attached hydrogens (tertiary/aromatic N) is 1. The lowest BCUT2D eigenvalue weighted by atomic mass is 10.2. The Morgan fingerprint density at radius 1 is 1.25 bits per heavy atom. The van der Waals surface area contributed by atoms with E-state index in [0.717, 1.165) is 15.7 Å². The van der Waals surface area contributed by atoms with Gasteiger partial charge in [-0.2, -0.15) is 0 Å². The van der Waals surface area contributed by atoms with Crippen LogP contribution in [0.5, 0.6) is 0 Å². The van der Waals surface area contributed by atoms with Crippen molar-refractivity contribution in [2.45, 2.75) is 13.8 Å². The fraction of sp³-hybridized carbons (Fsp3) is 0.167. The third kappa shape index (κ3) is 1.93. The van der Waals surface area contributed by atoms with Gasteiger partial charge in [-0.05, 0) is 19.9 Å². The van der Waals surface area contributed by atoms with E-state index in [4.69, 9.17) is 0 Å². The summed E-state index contributed by atoms with van der Waals surface area (Å²) in [6, 6.07) is 7.67. The first-order valence-electron chi connectivity index (χ1n) is 4.92. The van der Waals surface area contributed by atoms with Gasteiger partial charge in [-0.3, -0.25) is 4.79 Å². The largest absolute Gasteiger partial charge is 0.306 e. The first-order valence-corrected chi connectivity index (χ1v) is 5.71. The van der Waals surface area contributed by atoms with Crippen LogP contribution in [0.2, 0.25) is 0 Å². The molecule has 82 valence electrons. The molecule has 0 fully saturated rings. The summed E-state index contributed by atoms with van der Waals surface area (Å²) in [5, 5.41) is 0. The minimum absolute atomic E-state index is 0.0850. The molecule has 0 aliphatic heterocycles. The van der Waals surface area contributed by atoms with Crippen molar-refractivity contribution in [3.8, 4) is 11.4 Å². The number of aromatic amines is 1. The van der Waals surface area contributed by atoms with Gasteiger partial charge in [0.05, 0.1) is 0 Å². The Kier molecular flexibility index (Phi) is 2.92. The summed E-state index contributed by atoms with van der Waals surface area (Å²) < 4.78 is 0.918. The Labute approximate surface area is 102 Å². The maximum atomic E-state index is 11.6. The van der Waals surface area contributed by atoms with E-state index in [1.165, 1.54) is 0 Å². The highest BCUT2D eigenvalue weighted by Gasteiger charge is 2.07. The fourth-order valence-corrected chi connectivity index (χ4v) is 1.90. The third-order valence-electron chi connectivity index (χ3n) is 2.52. The summed E-state index contributed by atoms with van der Waals surface area (Å²) in [6.45, 7) is 3.61. The second-order valence-corrected chi connectivity index (χ2v) is 4.46. The molecule has 0 radical (unpaired) electrons. The molecule has 1 aromatic carbocycles. The van der Waals surface area contributed by atoms with Crippen LogP contribution in [0, 0.1) is 13.8 Å². The Bertz CT molecular complexity index is 590. The summed E-state index contributed by atoms with van der Waals surface area (Å²) in [6.07, 6.45) is 0. The highest BCUT2D eigenvalue weighted by molar-refractivity contribution is 9.10. The third-order valence-corrected chi connectivity index (χ3v) is 3.22. The topological polar surface area (TPSA) is 45.8 Å². The average molecular weight is 279 g/mol. The van der Waals surface area contributed by atoms with Gasteiger partial charge in [-0.15, -0.1) is 0 Å². The van der Waals surface area contributed by atoms with Crippen LogP contribution in [0.3, 0.4) is 0 Å².